The van der Waals surface area contributed by atoms with Crippen molar-refractivity contribution in [2.75, 3.05) is 5.32 Å². The van der Waals surface area contributed by atoms with Crippen molar-refractivity contribution in [1.82, 2.24) is 0 Å². The Kier molecular flexibility index (Phi) is 4.73. The van der Waals surface area contributed by atoms with Crippen molar-refractivity contribution in [3.63, 3.8) is 0 Å². The van der Waals surface area contributed by atoms with Gasteiger partial charge >= 0.3 is 5.97 Å². The zero-order valence-corrected chi connectivity index (χ0v) is 11.8. The van der Waals surface area contributed by atoms with Gasteiger partial charge in [0.05, 0.1) is 16.0 Å². The molecule has 0 aliphatic heterocycles. The maximum Gasteiger partial charge on any atom is 0.309 e. The molecule has 1 rings (SSSR count). The fraction of sp³-hybridized carbons (Fsp3) is 0.308. The van der Waals surface area contributed by atoms with Gasteiger partial charge in [-0.2, -0.15) is 0 Å². The average molecular weight is 299 g/mol. The fourth-order valence-electron chi connectivity index (χ4n) is 1.47. The normalized spacial score (nSPS) is 10.9. The van der Waals surface area contributed by atoms with Gasteiger partial charge in [0.15, 0.2) is 0 Å². The molecule has 1 aromatic carbocycles. The van der Waals surface area contributed by atoms with Crippen LogP contribution in [0.2, 0.25) is 5.02 Å². The van der Waals surface area contributed by atoms with Gasteiger partial charge in [0.2, 0.25) is 11.8 Å². The number of hydrogen-bond acceptors (Lipinski definition) is 3. The van der Waals surface area contributed by atoms with E-state index in [0.717, 1.165) is 0 Å². The molecule has 0 aliphatic carbocycles. The highest BCUT2D eigenvalue weighted by molar-refractivity contribution is 6.34. The number of nitrogens with one attached hydrogen (secondary N) is 1. The molecule has 0 unspecified atom stereocenters. The van der Waals surface area contributed by atoms with Gasteiger partial charge in [0.25, 0.3) is 0 Å². The number of carbonyl (C=O) groups excluding carboxylic acids is 2. The van der Waals surface area contributed by atoms with Crippen molar-refractivity contribution in [2.24, 2.45) is 11.1 Å². The molecule has 0 spiro atoms. The molecule has 0 saturated carbocycles. The highest BCUT2D eigenvalue weighted by Crippen LogP contribution is 2.23. The lowest BCUT2D eigenvalue weighted by Crippen LogP contribution is -2.29. The molecule has 6 nitrogen and oxygen atoms in total. The van der Waals surface area contributed by atoms with E-state index in [9.17, 15) is 14.4 Å². The molecular weight excluding hydrogens is 284 g/mol. The van der Waals surface area contributed by atoms with Crippen LogP contribution in [-0.4, -0.2) is 22.9 Å². The smallest absolute Gasteiger partial charge is 0.309 e. The molecule has 0 saturated heterocycles. The summed E-state index contributed by atoms with van der Waals surface area (Å²) < 4.78 is 0. The summed E-state index contributed by atoms with van der Waals surface area (Å²) in [6.45, 7) is 2.90. The van der Waals surface area contributed by atoms with Gasteiger partial charge in [0.1, 0.15) is 0 Å². The topological polar surface area (TPSA) is 109 Å². The van der Waals surface area contributed by atoms with Gasteiger partial charge < -0.3 is 16.2 Å². The maximum absolute atomic E-state index is 11.8. The summed E-state index contributed by atoms with van der Waals surface area (Å²) in [5.41, 5.74) is 4.38. The van der Waals surface area contributed by atoms with Crippen LogP contribution >= 0.6 is 11.6 Å². The quantitative estimate of drug-likeness (QED) is 0.771. The Morgan fingerprint density at radius 1 is 1.35 bits per heavy atom. The van der Waals surface area contributed by atoms with Gasteiger partial charge in [-0.3, -0.25) is 14.4 Å². The molecule has 0 aliphatic rings. The first-order chi connectivity index (χ1) is 9.13. The second kappa shape index (κ2) is 5.92. The van der Waals surface area contributed by atoms with Gasteiger partial charge in [-0.1, -0.05) is 11.6 Å². The van der Waals surface area contributed by atoms with Crippen LogP contribution in [0.3, 0.4) is 0 Å². The van der Waals surface area contributed by atoms with Crippen LogP contribution in [0.1, 0.15) is 30.6 Å². The molecule has 0 atom stereocenters. The van der Waals surface area contributed by atoms with E-state index < -0.39 is 23.2 Å². The molecule has 1 aromatic rings. The number of hydrogen-bond donors (Lipinski definition) is 3. The van der Waals surface area contributed by atoms with Crippen LogP contribution in [0.15, 0.2) is 18.2 Å². The summed E-state index contributed by atoms with van der Waals surface area (Å²) in [4.78, 5) is 33.8. The third kappa shape index (κ3) is 3.96. The Morgan fingerprint density at radius 2 is 1.95 bits per heavy atom. The second-order valence-corrected chi connectivity index (χ2v) is 5.38. The molecule has 7 heteroatoms. The van der Waals surface area contributed by atoms with Gasteiger partial charge in [-0.05, 0) is 32.0 Å². The number of anilines is 1. The van der Waals surface area contributed by atoms with E-state index in [1.165, 1.54) is 32.0 Å². The van der Waals surface area contributed by atoms with E-state index >= 15 is 0 Å². The van der Waals surface area contributed by atoms with E-state index in [4.69, 9.17) is 22.4 Å². The summed E-state index contributed by atoms with van der Waals surface area (Å²) in [5, 5.41) is 11.6. The minimum Gasteiger partial charge on any atom is -0.481 e. The first-order valence-electron chi connectivity index (χ1n) is 5.76. The van der Waals surface area contributed by atoms with Crippen LogP contribution in [0, 0.1) is 5.41 Å². The van der Waals surface area contributed by atoms with Gasteiger partial charge in [0, 0.05) is 12.1 Å². The van der Waals surface area contributed by atoms with E-state index in [0.29, 0.717) is 5.69 Å². The lowest BCUT2D eigenvalue weighted by atomic mass is 9.89. The number of aliphatic carboxylic acids is 1. The predicted molar refractivity (Wildman–Crippen MR) is 74.6 cm³/mol. The molecule has 0 heterocycles. The van der Waals surface area contributed by atoms with Crippen molar-refractivity contribution in [2.45, 2.75) is 20.3 Å². The van der Waals surface area contributed by atoms with E-state index in [1.807, 2.05) is 0 Å². The number of carboxylic acid groups (broad SMARTS) is 1. The van der Waals surface area contributed by atoms with Crippen LogP contribution in [-0.2, 0) is 9.59 Å². The van der Waals surface area contributed by atoms with Crippen LogP contribution in [0.5, 0.6) is 0 Å². The number of benzene rings is 1. The third-order valence-corrected chi connectivity index (χ3v) is 3.03. The molecule has 108 valence electrons. The Balaban J connectivity index is 2.84. The van der Waals surface area contributed by atoms with E-state index in [-0.39, 0.29) is 17.0 Å². The molecule has 0 bridgehead atoms. The van der Waals surface area contributed by atoms with E-state index in [1.54, 1.807) is 0 Å². The zero-order valence-electron chi connectivity index (χ0n) is 11.1. The SMILES string of the molecule is CC(C)(CC(=O)Nc1ccc(Cl)c(C(N)=O)c1)C(=O)O. The monoisotopic (exact) mass is 298 g/mol. The van der Waals surface area contributed by atoms with Crippen molar-refractivity contribution in [3.05, 3.63) is 28.8 Å². The number of nitrogens with two attached hydrogens (primary N) is 1. The van der Waals surface area contributed by atoms with Gasteiger partial charge in [-0.25, -0.2) is 0 Å². The third-order valence-electron chi connectivity index (χ3n) is 2.70. The molecule has 0 aromatic heterocycles. The second-order valence-electron chi connectivity index (χ2n) is 4.97. The Hall–Kier alpha value is -2.08. The maximum atomic E-state index is 11.8. The summed E-state index contributed by atoms with van der Waals surface area (Å²) in [7, 11) is 0. The average Bonchev–Trinajstić information content (AvgIpc) is 2.30. The number of halogens is 1. The molecule has 4 N–H and O–H groups in total. The first kappa shape index (κ1) is 16.0. The summed E-state index contributed by atoms with van der Waals surface area (Å²) in [6, 6.07) is 4.27. The zero-order chi connectivity index (χ0) is 15.5. The minimum absolute atomic E-state index is 0.0851. The summed E-state index contributed by atoms with van der Waals surface area (Å²) in [6.07, 6.45) is -0.198. The standard InChI is InChI=1S/C13H15ClN2O4/c1-13(2,12(19)20)6-10(17)16-7-3-4-9(14)8(5-7)11(15)18/h3-5H,6H2,1-2H3,(H2,15,18)(H,16,17)(H,19,20). The molecule has 20 heavy (non-hydrogen) atoms. The highest BCUT2D eigenvalue weighted by atomic mass is 35.5. The van der Waals surface area contributed by atoms with Gasteiger partial charge in [-0.15, -0.1) is 0 Å². The van der Waals surface area contributed by atoms with Crippen LogP contribution in [0.25, 0.3) is 0 Å². The van der Waals surface area contributed by atoms with Crippen LogP contribution in [0.4, 0.5) is 5.69 Å². The minimum atomic E-state index is -1.18. The summed E-state index contributed by atoms with van der Waals surface area (Å²) >= 11 is 5.78. The number of carboxylic acids is 1. The van der Waals surface area contributed by atoms with Crippen molar-refractivity contribution >= 4 is 35.1 Å². The Bertz CT molecular complexity index is 569. The van der Waals surface area contributed by atoms with Crippen molar-refractivity contribution in [3.8, 4) is 0 Å². The number of rotatable bonds is 5. The highest BCUT2D eigenvalue weighted by Gasteiger charge is 2.30. The van der Waals surface area contributed by atoms with Crippen molar-refractivity contribution in [1.29, 1.82) is 0 Å². The molecular formula is C13H15ClN2O4. The molecule has 0 fully saturated rings. The van der Waals surface area contributed by atoms with Crippen molar-refractivity contribution < 1.29 is 19.5 Å². The molecule has 0 radical (unpaired) electrons. The van der Waals surface area contributed by atoms with Crippen LogP contribution < -0.4 is 11.1 Å². The fourth-order valence-corrected chi connectivity index (χ4v) is 1.68. The lowest BCUT2D eigenvalue weighted by molar-refractivity contribution is -0.148. The first-order valence-corrected chi connectivity index (χ1v) is 6.14. The summed E-state index contributed by atoms with van der Waals surface area (Å²) in [5.74, 6) is -2.26. The number of primary amides is 1. The molecule has 2 amide bonds. The number of carbonyl (C=O) groups is 3. The number of amides is 2. The lowest BCUT2D eigenvalue weighted by Gasteiger charge is -2.18. The Morgan fingerprint density at radius 3 is 2.45 bits per heavy atom. The predicted octanol–water partition coefficient (Wildman–Crippen LogP) is 1.88. The Labute approximate surface area is 120 Å². The largest absolute Gasteiger partial charge is 0.481 e. The van der Waals surface area contributed by atoms with E-state index in [2.05, 4.69) is 5.32 Å².